The number of hydrogen-bond donors (Lipinski definition) is 0. The minimum absolute atomic E-state index is 0.00955. The normalized spacial score (nSPS) is 11.4. The molecule has 0 saturated carbocycles. The van der Waals surface area contributed by atoms with Crippen LogP contribution in [0, 0.1) is 25.2 Å². The van der Waals surface area contributed by atoms with Gasteiger partial charge in [-0.1, -0.05) is 72.3 Å². The molecule has 0 amide bonds. The molecule has 0 atom stereocenters. The molecule has 0 unspecified atom stereocenters. The van der Waals surface area contributed by atoms with Gasteiger partial charge in [0.2, 0.25) is 0 Å². The number of benzene rings is 3. The Labute approximate surface area is 235 Å². The molecule has 0 saturated heterocycles. The van der Waals surface area contributed by atoms with Crippen molar-refractivity contribution < 1.29 is 22.7 Å². The van der Waals surface area contributed by atoms with Crippen molar-refractivity contribution >= 4 is 12.0 Å². The summed E-state index contributed by atoms with van der Waals surface area (Å²) in [6.07, 6.45) is -1.89. The summed E-state index contributed by atoms with van der Waals surface area (Å²) in [5.74, 6) is -0.431. The highest BCUT2D eigenvalue weighted by molar-refractivity contribution is 5.87. The van der Waals surface area contributed by atoms with Crippen molar-refractivity contribution in [1.29, 1.82) is 5.26 Å². The molecule has 0 spiro atoms. The summed E-state index contributed by atoms with van der Waals surface area (Å²) in [7, 11) is 0. The third-order valence-electron chi connectivity index (χ3n) is 6.67. The van der Waals surface area contributed by atoms with Gasteiger partial charge in [-0.05, 0) is 66.3 Å². The second-order valence-electron chi connectivity index (χ2n) is 9.53. The average molecular weight is 557 g/mol. The molecule has 4 rings (SSSR count). The number of hydrogen-bond acceptors (Lipinski definition) is 4. The third-order valence-corrected chi connectivity index (χ3v) is 6.67. The van der Waals surface area contributed by atoms with Crippen molar-refractivity contribution in [2.24, 2.45) is 0 Å². The lowest BCUT2D eigenvalue weighted by atomic mass is 9.99. The Morgan fingerprint density at radius 1 is 0.951 bits per heavy atom. The molecule has 0 fully saturated rings. The maximum absolute atomic E-state index is 13.9. The van der Waals surface area contributed by atoms with Gasteiger partial charge < -0.3 is 9.30 Å². The van der Waals surface area contributed by atoms with E-state index in [-0.39, 0.29) is 12.2 Å². The van der Waals surface area contributed by atoms with Gasteiger partial charge >= 0.3 is 12.1 Å². The predicted molar refractivity (Wildman–Crippen MR) is 152 cm³/mol. The summed E-state index contributed by atoms with van der Waals surface area (Å²) in [5.41, 5.74) is 2.41. The number of halogens is 3. The van der Waals surface area contributed by atoms with Crippen LogP contribution in [0.5, 0.6) is 0 Å². The molecule has 0 aliphatic carbocycles. The molecule has 5 nitrogen and oxygen atoms in total. The van der Waals surface area contributed by atoms with E-state index >= 15 is 0 Å². The lowest BCUT2D eigenvalue weighted by molar-refractivity contribution is -0.138. The zero-order valence-corrected chi connectivity index (χ0v) is 22.8. The van der Waals surface area contributed by atoms with E-state index in [1.807, 2.05) is 56.3 Å². The zero-order chi connectivity index (χ0) is 29.7. The highest BCUT2D eigenvalue weighted by atomic mass is 19.4. The molecule has 0 N–H and O–H groups in total. The molecule has 208 valence electrons. The van der Waals surface area contributed by atoms with Crippen LogP contribution in [-0.4, -0.2) is 17.1 Å². The molecule has 0 aliphatic heterocycles. The first-order valence-electron chi connectivity index (χ1n) is 12.9. The second kappa shape index (κ2) is 12.1. The SMILES string of the molecule is CCOC(=O)C=Cc1ccc(-c2ccc(-c3cc(C(F)(F)F)c(C#N)c(=O)n3Cc3ccc(C)cc3C)cc2)cc1. The van der Waals surface area contributed by atoms with Crippen LogP contribution < -0.4 is 5.56 Å². The van der Waals surface area contributed by atoms with Crippen molar-refractivity contribution in [3.05, 3.63) is 123 Å². The predicted octanol–water partition coefficient (Wildman–Crippen LogP) is 7.31. The summed E-state index contributed by atoms with van der Waals surface area (Å²) in [6.45, 7) is 5.83. The van der Waals surface area contributed by atoms with Gasteiger partial charge in [0.1, 0.15) is 11.6 Å². The molecule has 41 heavy (non-hydrogen) atoms. The van der Waals surface area contributed by atoms with E-state index in [1.165, 1.54) is 16.7 Å². The largest absolute Gasteiger partial charge is 0.463 e. The summed E-state index contributed by atoms with van der Waals surface area (Å²) in [5, 5.41) is 9.48. The van der Waals surface area contributed by atoms with Crippen molar-refractivity contribution in [2.75, 3.05) is 6.61 Å². The Morgan fingerprint density at radius 2 is 1.56 bits per heavy atom. The van der Waals surface area contributed by atoms with Crippen molar-refractivity contribution in [2.45, 2.75) is 33.5 Å². The molecule has 4 aromatic rings. The number of carbonyl (C=O) groups is 1. The first kappa shape index (κ1) is 29.1. The number of alkyl halides is 3. The fourth-order valence-electron chi connectivity index (χ4n) is 4.54. The molecular formula is C33H27F3N2O3. The molecule has 1 heterocycles. The van der Waals surface area contributed by atoms with Crippen LogP contribution in [0.15, 0.2) is 83.7 Å². The van der Waals surface area contributed by atoms with Crippen LogP contribution in [0.1, 0.15) is 40.3 Å². The molecule has 3 aromatic carbocycles. The van der Waals surface area contributed by atoms with Gasteiger partial charge in [-0.25, -0.2) is 4.79 Å². The van der Waals surface area contributed by atoms with Crippen LogP contribution in [-0.2, 0) is 22.3 Å². The zero-order valence-electron chi connectivity index (χ0n) is 22.8. The molecule has 0 bridgehead atoms. The average Bonchev–Trinajstić information content (AvgIpc) is 2.94. The van der Waals surface area contributed by atoms with Gasteiger partial charge in [0, 0.05) is 6.08 Å². The molecule has 0 aliphatic rings. The minimum atomic E-state index is -4.87. The van der Waals surface area contributed by atoms with E-state index in [9.17, 15) is 28.0 Å². The topological polar surface area (TPSA) is 72.1 Å². The highest BCUT2D eigenvalue weighted by Gasteiger charge is 2.36. The van der Waals surface area contributed by atoms with Crippen molar-refractivity contribution in [3.8, 4) is 28.5 Å². The van der Waals surface area contributed by atoms with E-state index in [1.54, 1.807) is 37.3 Å². The van der Waals surface area contributed by atoms with E-state index < -0.39 is 28.8 Å². The Hall–Kier alpha value is -4.90. The Bertz CT molecular complexity index is 1710. The van der Waals surface area contributed by atoms with E-state index in [0.29, 0.717) is 12.2 Å². The lowest BCUT2D eigenvalue weighted by Gasteiger charge is -2.19. The van der Waals surface area contributed by atoms with Crippen molar-refractivity contribution in [1.82, 2.24) is 4.57 Å². The number of carbonyl (C=O) groups excluding carboxylic acids is 1. The number of aromatic nitrogens is 1. The first-order valence-corrected chi connectivity index (χ1v) is 12.9. The van der Waals surface area contributed by atoms with Gasteiger partial charge in [-0.2, -0.15) is 18.4 Å². The first-order chi connectivity index (χ1) is 19.5. The minimum Gasteiger partial charge on any atom is -0.463 e. The summed E-state index contributed by atoms with van der Waals surface area (Å²) in [6, 6.07) is 22.2. The maximum Gasteiger partial charge on any atom is 0.417 e. The lowest BCUT2D eigenvalue weighted by Crippen LogP contribution is -2.29. The molecular weight excluding hydrogens is 529 g/mol. The smallest absolute Gasteiger partial charge is 0.417 e. The maximum atomic E-state index is 13.9. The van der Waals surface area contributed by atoms with Gasteiger partial charge in [0.15, 0.2) is 0 Å². The number of ether oxygens (including phenoxy) is 1. The van der Waals surface area contributed by atoms with E-state index in [2.05, 4.69) is 0 Å². The van der Waals surface area contributed by atoms with Gasteiger partial charge in [0.05, 0.1) is 24.4 Å². The van der Waals surface area contributed by atoms with Crippen LogP contribution in [0.2, 0.25) is 0 Å². The Morgan fingerprint density at radius 3 is 2.12 bits per heavy atom. The highest BCUT2D eigenvalue weighted by Crippen LogP contribution is 2.34. The van der Waals surface area contributed by atoms with Gasteiger partial charge in [-0.15, -0.1) is 0 Å². The fraction of sp³-hybridized carbons (Fsp3) is 0.182. The number of nitriles is 1. The Balaban J connectivity index is 1.75. The number of esters is 1. The summed E-state index contributed by atoms with van der Waals surface area (Å²) >= 11 is 0. The van der Waals surface area contributed by atoms with Gasteiger partial charge in [0.25, 0.3) is 5.56 Å². The van der Waals surface area contributed by atoms with Crippen LogP contribution in [0.4, 0.5) is 13.2 Å². The molecule has 0 radical (unpaired) electrons. The van der Waals surface area contributed by atoms with Crippen LogP contribution in [0.25, 0.3) is 28.5 Å². The van der Waals surface area contributed by atoms with E-state index in [4.69, 9.17) is 4.74 Å². The standard InChI is InChI=1S/C33H27F3N2O3/c1-4-41-31(39)16-8-23-6-10-24(11-7-23)25-12-14-26(15-13-25)30-18-29(33(34,35)36)28(19-37)32(40)38(30)20-27-9-5-21(2)17-22(27)3/h5-18H,4,20H2,1-3H3. The van der Waals surface area contributed by atoms with Gasteiger partial charge in [-0.3, -0.25) is 4.79 Å². The summed E-state index contributed by atoms with van der Waals surface area (Å²) < 4.78 is 47.8. The summed E-state index contributed by atoms with van der Waals surface area (Å²) in [4.78, 5) is 24.8. The van der Waals surface area contributed by atoms with E-state index in [0.717, 1.165) is 39.4 Å². The molecule has 1 aromatic heterocycles. The quantitative estimate of drug-likeness (QED) is 0.177. The number of pyridine rings is 1. The number of nitrogens with zero attached hydrogens (tertiary/aromatic N) is 2. The van der Waals surface area contributed by atoms with Crippen LogP contribution in [0.3, 0.4) is 0 Å². The second-order valence-corrected chi connectivity index (χ2v) is 9.53. The Kier molecular flexibility index (Phi) is 8.58. The van der Waals surface area contributed by atoms with Crippen molar-refractivity contribution in [3.63, 3.8) is 0 Å². The fourth-order valence-corrected chi connectivity index (χ4v) is 4.54. The van der Waals surface area contributed by atoms with Crippen LogP contribution >= 0.6 is 0 Å². The monoisotopic (exact) mass is 556 g/mol. The third kappa shape index (κ3) is 6.64. The number of aryl methyl sites for hydroxylation is 2. The molecule has 8 heteroatoms. The number of rotatable bonds is 7.